The Hall–Kier alpha value is -0.680. The molecular weight excluding hydrogens is 172 g/mol. The molecule has 0 amide bonds. The highest BCUT2D eigenvalue weighted by atomic mass is 32.1. The standard InChI is InChI=1S/C7H14N4S/c1-5(8)3-6(2)11-7-9-4-10-12-7/h4-6H,3,8H2,1-2H3,(H,9,10,11). The van der Waals surface area contributed by atoms with Gasteiger partial charge in [-0.25, -0.2) is 4.98 Å². The summed E-state index contributed by atoms with van der Waals surface area (Å²) in [5.74, 6) is 0. The van der Waals surface area contributed by atoms with Crippen molar-refractivity contribution in [1.82, 2.24) is 9.36 Å². The van der Waals surface area contributed by atoms with Crippen LogP contribution in [0.1, 0.15) is 20.3 Å². The first-order chi connectivity index (χ1) is 5.68. The van der Waals surface area contributed by atoms with Gasteiger partial charge in [0.25, 0.3) is 0 Å². The third kappa shape index (κ3) is 3.15. The number of aromatic nitrogens is 2. The van der Waals surface area contributed by atoms with Gasteiger partial charge in [0, 0.05) is 23.6 Å². The Bertz CT molecular complexity index is 209. The molecule has 2 atom stereocenters. The van der Waals surface area contributed by atoms with E-state index in [1.54, 1.807) is 6.33 Å². The van der Waals surface area contributed by atoms with Crippen LogP contribution in [0.3, 0.4) is 0 Å². The van der Waals surface area contributed by atoms with Gasteiger partial charge in [-0.15, -0.1) is 0 Å². The van der Waals surface area contributed by atoms with E-state index in [0.29, 0.717) is 6.04 Å². The molecule has 0 aromatic carbocycles. The average molecular weight is 186 g/mol. The van der Waals surface area contributed by atoms with Gasteiger partial charge >= 0.3 is 0 Å². The molecule has 1 rings (SSSR count). The molecule has 1 heterocycles. The molecule has 68 valence electrons. The summed E-state index contributed by atoms with van der Waals surface area (Å²) >= 11 is 1.37. The van der Waals surface area contributed by atoms with E-state index in [-0.39, 0.29) is 6.04 Å². The predicted octanol–water partition coefficient (Wildman–Crippen LogP) is 1.08. The van der Waals surface area contributed by atoms with Gasteiger partial charge in [0.05, 0.1) is 0 Å². The summed E-state index contributed by atoms with van der Waals surface area (Å²) in [5, 5.41) is 4.08. The molecule has 2 unspecified atom stereocenters. The van der Waals surface area contributed by atoms with Crippen molar-refractivity contribution in [1.29, 1.82) is 0 Å². The minimum absolute atomic E-state index is 0.223. The largest absolute Gasteiger partial charge is 0.358 e. The Balaban J connectivity index is 2.32. The molecule has 1 aromatic heterocycles. The topological polar surface area (TPSA) is 63.8 Å². The Labute approximate surface area is 76.4 Å². The lowest BCUT2D eigenvalue weighted by molar-refractivity contribution is 0.604. The maximum Gasteiger partial charge on any atom is 0.202 e. The molecule has 0 saturated heterocycles. The summed E-state index contributed by atoms with van der Waals surface area (Å²) in [7, 11) is 0. The van der Waals surface area contributed by atoms with E-state index in [2.05, 4.69) is 21.6 Å². The number of nitrogens with two attached hydrogens (primary N) is 1. The fourth-order valence-corrected chi connectivity index (χ4v) is 1.61. The van der Waals surface area contributed by atoms with Crippen molar-refractivity contribution in [2.45, 2.75) is 32.4 Å². The average Bonchev–Trinajstić information content (AvgIpc) is 2.37. The zero-order valence-corrected chi connectivity index (χ0v) is 8.14. The lowest BCUT2D eigenvalue weighted by Crippen LogP contribution is -2.26. The van der Waals surface area contributed by atoms with Crippen LogP contribution in [0.2, 0.25) is 0 Å². The van der Waals surface area contributed by atoms with Crippen molar-refractivity contribution >= 4 is 16.7 Å². The van der Waals surface area contributed by atoms with Gasteiger partial charge in [0.2, 0.25) is 5.13 Å². The normalized spacial score (nSPS) is 15.6. The summed E-state index contributed by atoms with van der Waals surface area (Å²) < 4.78 is 3.89. The van der Waals surface area contributed by atoms with Crippen LogP contribution in [-0.4, -0.2) is 21.4 Å². The molecule has 0 bridgehead atoms. The maximum absolute atomic E-state index is 5.65. The number of anilines is 1. The molecular formula is C7H14N4S. The SMILES string of the molecule is CC(N)CC(C)Nc1ncns1. The minimum atomic E-state index is 0.223. The van der Waals surface area contributed by atoms with Crippen LogP contribution >= 0.6 is 11.5 Å². The van der Waals surface area contributed by atoms with E-state index in [4.69, 9.17) is 5.73 Å². The first kappa shape index (κ1) is 9.41. The lowest BCUT2D eigenvalue weighted by Gasteiger charge is -2.14. The highest BCUT2D eigenvalue weighted by Gasteiger charge is 2.05. The Kier molecular flexibility index (Phi) is 3.43. The molecule has 0 fully saturated rings. The quantitative estimate of drug-likeness (QED) is 0.738. The molecule has 0 spiro atoms. The van der Waals surface area contributed by atoms with Crippen LogP contribution in [0, 0.1) is 0 Å². The fourth-order valence-electron chi connectivity index (χ4n) is 1.06. The molecule has 12 heavy (non-hydrogen) atoms. The number of rotatable bonds is 4. The van der Waals surface area contributed by atoms with E-state index in [0.717, 1.165) is 11.6 Å². The summed E-state index contributed by atoms with van der Waals surface area (Å²) in [6, 6.07) is 0.582. The van der Waals surface area contributed by atoms with Crippen molar-refractivity contribution < 1.29 is 0 Å². The molecule has 0 aliphatic rings. The van der Waals surface area contributed by atoms with E-state index in [9.17, 15) is 0 Å². The first-order valence-corrected chi connectivity index (χ1v) is 4.74. The number of hydrogen-bond donors (Lipinski definition) is 2. The molecule has 0 aliphatic carbocycles. The maximum atomic E-state index is 5.65. The van der Waals surface area contributed by atoms with Crippen molar-refractivity contribution in [2.24, 2.45) is 5.73 Å². The fraction of sp³-hybridized carbons (Fsp3) is 0.714. The highest BCUT2D eigenvalue weighted by Crippen LogP contribution is 2.10. The van der Waals surface area contributed by atoms with Gasteiger partial charge in [0.15, 0.2) is 0 Å². The van der Waals surface area contributed by atoms with Crippen molar-refractivity contribution in [3.63, 3.8) is 0 Å². The van der Waals surface area contributed by atoms with Gasteiger partial charge in [-0.2, -0.15) is 4.37 Å². The van der Waals surface area contributed by atoms with Crippen LogP contribution in [0.15, 0.2) is 6.33 Å². The smallest absolute Gasteiger partial charge is 0.202 e. The van der Waals surface area contributed by atoms with E-state index in [1.807, 2.05) is 6.92 Å². The van der Waals surface area contributed by atoms with Crippen molar-refractivity contribution in [3.05, 3.63) is 6.33 Å². The Morgan fingerprint density at radius 1 is 1.67 bits per heavy atom. The van der Waals surface area contributed by atoms with Crippen LogP contribution in [0.5, 0.6) is 0 Å². The molecule has 0 radical (unpaired) electrons. The third-order valence-corrected chi connectivity index (χ3v) is 2.05. The molecule has 0 saturated carbocycles. The molecule has 3 N–H and O–H groups in total. The van der Waals surface area contributed by atoms with Gasteiger partial charge in [0.1, 0.15) is 6.33 Å². The van der Waals surface area contributed by atoms with Gasteiger partial charge in [-0.1, -0.05) is 0 Å². The zero-order valence-electron chi connectivity index (χ0n) is 7.32. The molecule has 5 heteroatoms. The summed E-state index contributed by atoms with van der Waals surface area (Å²) in [5.41, 5.74) is 5.65. The monoisotopic (exact) mass is 186 g/mol. The second-order valence-corrected chi connectivity index (χ2v) is 3.78. The van der Waals surface area contributed by atoms with Gasteiger partial charge in [-0.3, -0.25) is 0 Å². The second-order valence-electron chi connectivity index (χ2n) is 3.00. The van der Waals surface area contributed by atoms with Crippen molar-refractivity contribution in [2.75, 3.05) is 5.32 Å². The number of nitrogens with zero attached hydrogens (tertiary/aromatic N) is 2. The van der Waals surface area contributed by atoms with E-state index >= 15 is 0 Å². The van der Waals surface area contributed by atoms with Crippen molar-refractivity contribution in [3.8, 4) is 0 Å². The highest BCUT2D eigenvalue weighted by molar-refractivity contribution is 7.09. The van der Waals surface area contributed by atoms with E-state index < -0.39 is 0 Å². The minimum Gasteiger partial charge on any atom is -0.358 e. The van der Waals surface area contributed by atoms with Crippen LogP contribution in [0.4, 0.5) is 5.13 Å². The summed E-state index contributed by atoms with van der Waals surface area (Å²) in [4.78, 5) is 4.02. The number of nitrogens with one attached hydrogen (secondary N) is 1. The lowest BCUT2D eigenvalue weighted by atomic mass is 10.1. The van der Waals surface area contributed by atoms with Crippen LogP contribution in [-0.2, 0) is 0 Å². The Morgan fingerprint density at radius 3 is 2.92 bits per heavy atom. The first-order valence-electron chi connectivity index (χ1n) is 3.97. The third-order valence-electron chi connectivity index (χ3n) is 1.46. The van der Waals surface area contributed by atoms with Crippen LogP contribution in [0.25, 0.3) is 0 Å². The Morgan fingerprint density at radius 2 is 2.42 bits per heavy atom. The molecule has 0 aliphatic heterocycles. The second kappa shape index (κ2) is 4.37. The van der Waals surface area contributed by atoms with Crippen LogP contribution < -0.4 is 11.1 Å². The van der Waals surface area contributed by atoms with Gasteiger partial charge < -0.3 is 11.1 Å². The summed E-state index contributed by atoms with van der Waals surface area (Å²) in [6.07, 6.45) is 2.49. The van der Waals surface area contributed by atoms with Gasteiger partial charge in [-0.05, 0) is 20.3 Å². The molecule has 1 aromatic rings. The molecule has 4 nitrogen and oxygen atoms in total. The summed E-state index contributed by atoms with van der Waals surface area (Å²) in [6.45, 7) is 4.09. The van der Waals surface area contributed by atoms with E-state index in [1.165, 1.54) is 11.5 Å². The zero-order chi connectivity index (χ0) is 8.97. The predicted molar refractivity (Wildman–Crippen MR) is 51.3 cm³/mol. The number of hydrogen-bond acceptors (Lipinski definition) is 5.